The molecule has 120 valence electrons. The Morgan fingerprint density at radius 3 is 2.78 bits per heavy atom. The second-order valence-electron chi connectivity index (χ2n) is 6.26. The van der Waals surface area contributed by atoms with Gasteiger partial charge in [0.15, 0.2) is 0 Å². The molecule has 1 N–H and O–H groups in total. The largest absolute Gasteiger partial charge is 0.507 e. The van der Waals surface area contributed by atoms with Crippen molar-refractivity contribution >= 4 is 0 Å². The third-order valence-corrected chi connectivity index (χ3v) is 5.12. The molecule has 0 saturated carbocycles. The van der Waals surface area contributed by atoms with Gasteiger partial charge < -0.3 is 14.6 Å². The summed E-state index contributed by atoms with van der Waals surface area (Å²) >= 11 is 0. The van der Waals surface area contributed by atoms with E-state index in [4.69, 9.17) is 9.47 Å². The lowest BCUT2D eigenvalue weighted by Crippen LogP contribution is -2.39. The molecule has 0 saturated heterocycles. The molecule has 0 aliphatic carbocycles. The first kappa shape index (κ1) is 14.4. The number of phenols is 1. The Kier molecular flexibility index (Phi) is 3.42. The third kappa shape index (κ3) is 2.25. The molecule has 0 spiro atoms. The van der Waals surface area contributed by atoms with Gasteiger partial charge in [0.05, 0.1) is 14.2 Å². The molecule has 2 aliphatic rings. The molecule has 0 fully saturated rings. The number of phenolic OH excluding ortho intramolecular Hbond substituents is 1. The summed E-state index contributed by atoms with van der Waals surface area (Å²) < 4.78 is 10.8. The highest BCUT2D eigenvalue weighted by Gasteiger charge is 2.35. The van der Waals surface area contributed by atoms with E-state index in [2.05, 4.69) is 17.0 Å². The lowest BCUT2D eigenvalue weighted by Gasteiger charge is -2.42. The molecular weight excluding hydrogens is 290 g/mol. The molecular formula is C19H21NO3. The molecule has 1 atom stereocenters. The number of hydrogen-bond donors (Lipinski definition) is 1. The molecule has 2 aromatic rings. The molecule has 2 aliphatic heterocycles. The quantitative estimate of drug-likeness (QED) is 0.925. The van der Waals surface area contributed by atoms with Crippen LogP contribution in [0.3, 0.4) is 0 Å². The van der Waals surface area contributed by atoms with Gasteiger partial charge in [-0.25, -0.2) is 0 Å². The highest BCUT2D eigenvalue weighted by atomic mass is 16.5. The van der Waals surface area contributed by atoms with E-state index in [1.165, 1.54) is 16.7 Å². The van der Waals surface area contributed by atoms with Gasteiger partial charge in [0.1, 0.15) is 17.2 Å². The van der Waals surface area contributed by atoms with Gasteiger partial charge in [-0.15, -0.1) is 0 Å². The average molecular weight is 311 g/mol. The molecule has 4 heteroatoms. The van der Waals surface area contributed by atoms with Crippen LogP contribution in [0.2, 0.25) is 0 Å². The molecule has 0 radical (unpaired) electrons. The van der Waals surface area contributed by atoms with Crippen molar-refractivity contribution in [3.05, 3.63) is 52.6 Å². The van der Waals surface area contributed by atoms with Crippen LogP contribution < -0.4 is 9.47 Å². The number of benzene rings is 2. The van der Waals surface area contributed by atoms with Crippen LogP contribution in [0.25, 0.3) is 0 Å². The van der Waals surface area contributed by atoms with Crippen molar-refractivity contribution < 1.29 is 14.6 Å². The predicted octanol–water partition coefficient (Wildman–Crippen LogP) is 3.06. The highest BCUT2D eigenvalue weighted by molar-refractivity contribution is 5.51. The van der Waals surface area contributed by atoms with Crippen molar-refractivity contribution in [1.82, 2.24) is 4.90 Å². The molecule has 0 aromatic heterocycles. The molecule has 1 unspecified atom stereocenters. The van der Waals surface area contributed by atoms with Gasteiger partial charge in [-0.3, -0.25) is 4.90 Å². The van der Waals surface area contributed by atoms with Gasteiger partial charge in [0.2, 0.25) is 0 Å². The van der Waals surface area contributed by atoms with Crippen LogP contribution in [0.15, 0.2) is 30.3 Å². The topological polar surface area (TPSA) is 41.9 Å². The van der Waals surface area contributed by atoms with Crippen molar-refractivity contribution in [1.29, 1.82) is 0 Å². The van der Waals surface area contributed by atoms with Gasteiger partial charge in [0.25, 0.3) is 0 Å². The molecule has 4 rings (SSSR count). The first-order chi connectivity index (χ1) is 11.2. The Labute approximate surface area is 136 Å². The Balaban J connectivity index is 1.78. The second-order valence-corrected chi connectivity index (χ2v) is 6.26. The first-order valence-corrected chi connectivity index (χ1v) is 8.00. The first-order valence-electron chi connectivity index (χ1n) is 8.00. The standard InChI is InChI=1S/C19H21NO3/c1-22-14-8-13-6-7-20-11-15-12(4-3-5-18(15)23-2)9-16(20)19(13)17(21)10-14/h3-5,8,10,16,21H,6-7,9,11H2,1-2H3. The van der Waals surface area contributed by atoms with E-state index in [0.29, 0.717) is 5.75 Å². The van der Waals surface area contributed by atoms with Crippen LogP contribution in [0.5, 0.6) is 17.2 Å². The van der Waals surface area contributed by atoms with Crippen molar-refractivity contribution in [2.75, 3.05) is 20.8 Å². The van der Waals surface area contributed by atoms with Crippen LogP contribution in [-0.4, -0.2) is 30.8 Å². The van der Waals surface area contributed by atoms with Gasteiger partial charge in [-0.05, 0) is 36.1 Å². The Hall–Kier alpha value is -2.20. The number of hydrogen-bond acceptors (Lipinski definition) is 4. The number of nitrogens with zero attached hydrogens (tertiary/aromatic N) is 1. The maximum atomic E-state index is 10.5. The molecule has 4 nitrogen and oxygen atoms in total. The van der Waals surface area contributed by atoms with E-state index in [1.807, 2.05) is 12.1 Å². The Morgan fingerprint density at radius 1 is 1.13 bits per heavy atom. The number of fused-ring (bicyclic) bond motifs is 4. The fraction of sp³-hybridized carbons (Fsp3) is 0.368. The molecule has 0 amide bonds. The second kappa shape index (κ2) is 5.46. The fourth-order valence-electron chi connectivity index (χ4n) is 3.98. The number of rotatable bonds is 2. The SMILES string of the molecule is COc1cc(O)c2c(c1)CCN1Cc3c(cccc3OC)CC21. The molecule has 0 bridgehead atoms. The summed E-state index contributed by atoms with van der Waals surface area (Å²) in [7, 11) is 3.37. The van der Waals surface area contributed by atoms with E-state index in [9.17, 15) is 5.11 Å². The zero-order valence-corrected chi connectivity index (χ0v) is 13.5. The molecule has 2 heterocycles. The van der Waals surface area contributed by atoms with E-state index >= 15 is 0 Å². The molecule has 2 aromatic carbocycles. The van der Waals surface area contributed by atoms with Gasteiger partial charge in [-0.1, -0.05) is 12.1 Å². The Morgan fingerprint density at radius 2 is 2.00 bits per heavy atom. The van der Waals surface area contributed by atoms with Crippen LogP contribution in [0, 0.1) is 0 Å². The van der Waals surface area contributed by atoms with E-state index < -0.39 is 0 Å². The van der Waals surface area contributed by atoms with E-state index in [-0.39, 0.29) is 6.04 Å². The summed E-state index contributed by atoms with van der Waals surface area (Å²) in [6.07, 6.45) is 1.83. The third-order valence-electron chi connectivity index (χ3n) is 5.12. The highest BCUT2D eigenvalue weighted by Crippen LogP contribution is 2.44. The van der Waals surface area contributed by atoms with Crippen LogP contribution >= 0.6 is 0 Å². The number of methoxy groups -OCH3 is 2. The Bertz CT molecular complexity index is 757. The minimum absolute atomic E-state index is 0.226. The van der Waals surface area contributed by atoms with Gasteiger partial charge >= 0.3 is 0 Å². The summed E-state index contributed by atoms with van der Waals surface area (Å²) in [5, 5.41) is 10.5. The van der Waals surface area contributed by atoms with Crippen molar-refractivity contribution in [2.24, 2.45) is 0 Å². The lowest BCUT2D eigenvalue weighted by atomic mass is 9.83. The predicted molar refractivity (Wildman–Crippen MR) is 88.2 cm³/mol. The lowest BCUT2D eigenvalue weighted by molar-refractivity contribution is 0.155. The maximum Gasteiger partial charge on any atom is 0.124 e. The normalized spacial score (nSPS) is 19.5. The summed E-state index contributed by atoms with van der Waals surface area (Å²) in [6, 6.07) is 10.3. The zero-order valence-electron chi connectivity index (χ0n) is 13.5. The van der Waals surface area contributed by atoms with Crippen molar-refractivity contribution in [3.8, 4) is 17.2 Å². The number of ether oxygens (including phenoxy) is 2. The van der Waals surface area contributed by atoms with E-state index in [1.54, 1.807) is 20.3 Å². The fourth-order valence-corrected chi connectivity index (χ4v) is 3.98. The van der Waals surface area contributed by atoms with Crippen LogP contribution in [-0.2, 0) is 19.4 Å². The summed E-state index contributed by atoms with van der Waals surface area (Å²) in [5.41, 5.74) is 4.86. The van der Waals surface area contributed by atoms with Gasteiger partial charge in [-0.2, -0.15) is 0 Å². The summed E-state index contributed by atoms with van der Waals surface area (Å²) in [5.74, 6) is 2.04. The van der Waals surface area contributed by atoms with Crippen molar-refractivity contribution in [3.63, 3.8) is 0 Å². The maximum absolute atomic E-state index is 10.5. The minimum atomic E-state index is 0.226. The average Bonchev–Trinajstić information content (AvgIpc) is 2.58. The number of aromatic hydroxyl groups is 1. The summed E-state index contributed by atoms with van der Waals surface area (Å²) in [4.78, 5) is 2.44. The zero-order chi connectivity index (χ0) is 16.0. The van der Waals surface area contributed by atoms with Crippen LogP contribution in [0.4, 0.5) is 0 Å². The monoisotopic (exact) mass is 311 g/mol. The minimum Gasteiger partial charge on any atom is -0.507 e. The van der Waals surface area contributed by atoms with Crippen molar-refractivity contribution in [2.45, 2.75) is 25.4 Å². The smallest absolute Gasteiger partial charge is 0.124 e. The molecule has 23 heavy (non-hydrogen) atoms. The van der Waals surface area contributed by atoms with Gasteiger partial charge in [0, 0.05) is 36.3 Å². The van der Waals surface area contributed by atoms with Crippen LogP contribution in [0.1, 0.15) is 28.3 Å². The van der Waals surface area contributed by atoms with E-state index in [0.717, 1.165) is 43.0 Å². The summed E-state index contributed by atoms with van der Waals surface area (Å²) in [6.45, 7) is 1.86.